The number of hydrogen-bond donors (Lipinski definition) is 0. The van der Waals surface area contributed by atoms with Crippen LogP contribution in [0.3, 0.4) is 0 Å². The second-order valence-corrected chi connectivity index (χ2v) is 5.89. The van der Waals surface area contributed by atoms with Crippen molar-refractivity contribution in [3.63, 3.8) is 0 Å². The Balaban J connectivity index is 0.00000180. The molecule has 1 heterocycles. The van der Waals surface area contributed by atoms with E-state index >= 15 is 0 Å². The average molecular weight is 393 g/mol. The molecule has 108 valence electrons. The third-order valence-corrected chi connectivity index (χ3v) is 4.03. The predicted octanol–water partition coefficient (Wildman–Crippen LogP) is 4.59. The minimum absolute atomic E-state index is 0. The van der Waals surface area contributed by atoms with E-state index in [1.165, 1.54) is 44.5 Å². The van der Waals surface area contributed by atoms with Crippen molar-refractivity contribution in [1.82, 2.24) is 4.90 Å². The lowest BCUT2D eigenvalue weighted by molar-refractivity contribution is 0.204. The minimum atomic E-state index is 0. The van der Waals surface area contributed by atoms with Gasteiger partial charge in [0.1, 0.15) is 5.75 Å². The third kappa shape index (κ3) is 5.84. The minimum Gasteiger partial charge on any atom is -0.492 e. The predicted molar refractivity (Wildman–Crippen MR) is 89.6 cm³/mol. The van der Waals surface area contributed by atoms with Crippen LogP contribution < -0.4 is 4.74 Å². The number of hydrogen-bond acceptors (Lipinski definition) is 2. The van der Waals surface area contributed by atoms with Crippen LogP contribution in [0.5, 0.6) is 5.75 Å². The molecule has 4 heteroatoms. The molecule has 19 heavy (non-hydrogen) atoms. The quantitative estimate of drug-likeness (QED) is 0.679. The highest BCUT2D eigenvalue weighted by Crippen LogP contribution is 2.25. The normalized spacial score (nSPS) is 15.9. The van der Waals surface area contributed by atoms with Gasteiger partial charge in [-0.2, -0.15) is 0 Å². The van der Waals surface area contributed by atoms with Crippen LogP contribution in [0.2, 0.25) is 0 Å². The second kappa shape index (κ2) is 8.98. The zero-order valence-corrected chi connectivity index (χ0v) is 14.8. The fraction of sp³-hybridized carbons (Fsp3) is 0.600. The van der Waals surface area contributed by atoms with Crippen LogP contribution in [-0.2, 0) is 0 Å². The lowest BCUT2D eigenvalue weighted by atomic mass is 10.1. The number of likely N-dealkylation sites (tertiary alicyclic amines) is 1. The highest BCUT2D eigenvalue weighted by molar-refractivity contribution is 9.10. The molecule has 0 bridgehead atoms. The molecule has 0 atom stereocenters. The Kier molecular flexibility index (Phi) is 8.03. The number of nitrogens with zero attached hydrogens (tertiary/aromatic N) is 1. The molecule has 0 radical (unpaired) electrons. The van der Waals surface area contributed by atoms with Crippen molar-refractivity contribution in [2.75, 3.05) is 26.2 Å². The van der Waals surface area contributed by atoms with E-state index < -0.39 is 0 Å². The molecule has 0 aromatic heterocycles. The van der Waals surface area contributed by atoms with Crippen molar-refractivity contribution in [2.45, 2.75) is 32.6 Å². The zero-order chi connectivity index (χ0) is 12.8. The number of ether oxygens (including phenoxy) is 1. The van der Waals surface area contributed by atoms with Crippen LogP contribution in [0.15, 0.2) is 22.7 Å². The lowest BCUT2D eigenvalue weighted by Crippen LogP contribution is -2.31. The summed E-state index contributed by atoms with van der Waals surface area (Å²) in [7, 11) is 0. The number of piperidine rings is 1. The van der Waals surface area contributed by atoms with Crippen LogP contribution in [0.4, 0.5) is 0 Å². The molecular formula is C15H23Br2NO. The van der Waals surface area contributed by atoms with Gasteiger partial charge in [-0.15, -0.1) is 17.0 Å². The van der Waals surface area contributed by atoms with Crippen LogP contribution in [0.25, 0.3) is 0 Å². The van der Waals surface area contributed by atoms with Gasteiger partial charge in [0, 0.05) is 6.54 Å². The van der Waals surface area contributed by atoms with Crippen LogP contribution in [0, 0.1) is 6.92 Å². The van der Waals surface area contributed by atoms with Gasteiger partial charge in [-0.05, 0) is 72.9 Å². The van der Waals surface area contributed by atoms with Crippen molar-refractivity contribution >= 4 is 32.9 Å². The fourth-order valence-corrected chi connectivity index (χ4v) is 2.98. The van der Waals surface area contributed by atoms with Gasteiger partial charge in [0.2, 0.25) is 0 Å². The summed E-state index contributed by atoms with van der Waals surface area (Å²) in [5.41, 5.74) is 1.25. The summed E-state index contributed by atoms with van der Waals surface area (Å²) in [6.07, 6.45) is 5.25. The first-order valence-electron chi connectivity index (χ1n) is 6.87. The topological polar surface area (TPSA) is 12.5 Å². The number of aryl methyl sites for hydroxylation is 1. The van der Waals surface area contributed by atoms with Gasteiger partial charge >= 0.3 is 0 Å². The molecule has 0 N–H and O–H groups in total. The van der Waals surface area contributed by atoms with E-state index in [2.05, 4.69) is 39.9 Å². The SMILES string of the molecule is Br.Cc1ccc(OCCCN2CCCCC2)c(Br)c1. The van der Waals surface area contributed by atoms with Gasteiger partial charge < -0.3 is 9.64 Å². The van der Waals surface area contributed by atoms with E-state index in [0.717, 1.165) is 23.2 Å². The monoisotopic (exact) mass is 391 g/mol. The Morgan fingerprint density at radius 1 is 1.21 bits per heavy atom. The van der Waals surface area contributed by atoms with E-state index in [-0.39, 0.29) is 17.0 Å². The van der Waals surface area contributed by atoms with E-state index in [1.54, 1.807) is 0 Å². The summed E-state index contributed by atoms with van der Waals surface area (Å²) in [4.78, 5) is 2.55. The van der Waals surface area contributed by atoms with E-state index in [9.17, 15) is 0 Å². The highest BCUT2D eigenvalue weighted by Gasteiger charge is 2.09. The maximum absolute atomic E-state index is 5.81. The van der Waals surface area contributed by atoms with Crippen LogP contribution >= 0.6 is 32.9 Å². The zero-order valence-electron chi connectivity index (χ0n) is 11.5. The van der Waals surface area contributed by atoms with Gasteiger partial charge in [0.05, 0.1) is 11.1 Å². The van der Waals surface area contributed by atoms with Gasteiger partial charge in [-0.1, -0.05) is 12.5 Å². The van der Waals surface area contributed by atoms with E-state index in [1.807, 2.05) is 6.07 Å². The Morgan fingerprint density at radius 3 is 2.63 bits per heavy atom. The Morgan fingerprint density at radius 2 is 1.95 bits per heavy atom. The lowest BCUT2D eigenvalue weighted by Gasteiger charge is -2.26. The number of benzene rings is 1. The summed E-state index contributed by atoms with van der Waals surface area (Å²) in [6, 6.07) is 6.23. The summed E-state index contributed by atoms with van der Waals surface area (Å²) in [6.45, 7) is 6.61. The van der Waals surface area contributed by atoms with Gasteiger partial charge in [-0.3, -0.25) is 0 Å². The molecule has 1 fully saturated rings. The second-order valence-electron chi connectivity index (χ2n) is 5.04. The molecule has 0 aliphatic carbocycles. The van der Waals surface area contributed by atoms with Crippen molar-refractivity contribution in [3.05, 3.63) is 28.2 Å². The van der Waals surface area contributed by atoms with Crippen molar-refractivity contribution < 1.29 is 4.74 Å². The van der Waals surface area contributed by atoms with Crippen molar-refractivity contribution in [2.24, 2.45) is 0 Å². The van der Waals surface area contributed by atoms with Crippen LogP contribution in [-0.4, -0.2) is 31.1 Å². The van der Waals surface area contributed by atoms with Gasteiger partial charge in [0.25, 0.3) is 0 Å². The maximum atomic E-state index is 5.81. The third-order valence-electron chi connectivity index (χ3n) is 3.41. The smallest absolute Gasteiger partial charge is 0.133 e. The molecule has 0 amide bonds. The van der Waals surface area contributed by atoms with Gasteiger partial charge in [0.15, 0.2) is 0 Å². The Bertz CT molecular complexity index is 378. The van der Waals surface area contributed by atoms with Gasteiger partial charge in [-0.25, -0.2) is 0 Å². The molecule has 1 aliphatic rings. The molecule has 2 nitrogen and oxygen atoms in total. The average Bonchev–Trinajstić information content (AvgIpc) is 2.38. The molecule has 0 unspecified atom stereocenters. The molecule has 1 aromatic carbocycles. The number of rotatable bonds is 5. The molecule has 1 saturated heterocycles. The number of halogens is 2. The fourth-order valence-electron chi connectivity index (χ4n) is 2.38. The summed E-state index contributed by atoms with van der Waals surface area (Å²) in [5.74, 6) is 0.958. The van der Waals surface area contributed by atoms with Crippen molar-refractivity contribution in [1.29, 1.82) is 0 Å². The Hall–Kier alpha value is -0.0600. The first-order valence-corrected chi connectivity index (χ1v) is 7.66. The molecule has 0 saturated carbocycles. The highest BCUT2D eigenvalue weighted by atomic mass is 79.9. The molecule has 1 aromatic rings. The van der Waals surface area contributed by atoms with E-state index in [4.69, 9.17) is 4.74 Å². The summed E-state index contributed by atoms with van der Waals surface area (Å²) >= 11 is 3.54. The Labute approximate surface area is 135 Å². The standard InChI is InChI=1S/C15H22BrNO.BrH/c1-13-6-7-15(14(16)12-13)18-11-5-10-17-8-3-2-4-9-17;/h6-7,12H,2-5,8-11H2,1H3;1H. The first-order chi connectivity index (χ1) is 8.75. The maximum Gasteiger partial charge on any atom is 0.133 e. The largest absolute Gasteiger partial charge is 0.492 e. The molecule has 0 spiro atoms. The van der Waals surface area contributed by atoms with E-state index in [0.29, 0.717) is 0 Å². The molecular weight excluding hydrogens is 370 g/mol. The first kappa shape index (κ1) is 17.0. The molecule has 1 aliphatic heterocycles. The van der Waals surface area contributed by atoms with Crippen LogP contribution in [0.1, 0.15) is 31.2 Å². The van der Waals surface area contributed by atoms with Crippen molar-refractivity contribution in [3.8, 4) is 5.75 Å². The summed E-state index contributed by atoms with van der Waals surface area (Å²) in [5, 5.41) is 0. The molecule has 2 rings (SSSR count). The summed E-state index contributed by atoms with van der Waals surface area (Å²) < 4.78 is 6.87.